The zero-order valence-electron chi connectivity index (χ0n) is 45.9. The number of rotatable bonds is 56. The van der Waals surface area contributed by atoms with E-state index in [9.17, 15) is 14.4 Å². The number of hydrogen-bond donors (Lipinski definition) is 0. The molecule has 0 aliphatic carbocycles. The van der Waals surface area contributed by atoms with Gasteiger partial charge in [-0.2, -0.15) is 0 Å². The number of unbranched alkanes of at least 4 members (excludes halogenated alkanes) is 41. The second kappa shape index (κ2) is 57.5. The van der Waals surface area contributed by atoms with Crippen molar-refractivity contribution in [3.05, 3.63) is 24.3 Å². The molecular formula is C62H116O6. The van der Waals surface area contributed by atoms with E-state index >= 15 is 0 Å². The number of esters is 3. The molecule has 0 saturated heterocycles. The Kier molecular flexibility index (Phi) is 55.7. The Bertz CT molecular complexity index is 1100. The lowest BCUT2D eigenvalue weighted by Crippen LogP contribution is -2.30. The van der Waals surface area contributed by atoms with Crippen LogP contribution < -0.4 is 0 Å². The summed E-state index contributed by atoms with van der Waals surface area (Å²) in [6, 6.07) is 0. The molecule has 0 heterocycles. The van der Waals surface area contributed by atoms with Crippen molar-refractivity contribution in [3.63, 3.8) is 0 Å². The van der Waals surface area contributed by atoms with Crippen LogP contribution in [0.4, 0.5) is 0 Å². The van der Waals surface area contributed by atoms with Crippen LogP contribution in [0.2, 0.25) is 0 Å². The average molecular weight is 958 g/mol. The SMILES string of the molecule is CCCC/C=C\CCCCCCCC(=O)OCC(COC(=O)CCCCCCCCCCCCCCCCC/C=C\CCCCCCCCCC)OC(=O)CCCCCCCCCCCCCC. The van der Waals surface area contributed by atoms with Gasteiger partial charge in [-0.1, -0.05) is 276 Å². The van der Waals surface area contributed by atoms with Gasteiger partial charge in [-0.3, -0.25) is 14.4 Å². The van der Waals surface area contributed by atoms with E-state index in [0.717, 1.165) is 64.2 Å². The molecule has 0 bridgehead atoms. The summed E-state index contributed by atoms with van der Waals surface area (Å²) >= 11 is 0. The van der Waals surface area contributed by atoms with E-state index in [4.69, 9.17) is 14.2 Å². The van der Waals surface area contributed by atoms with Crippen molar-refractivity contribution in [2.75, 3.05) is 13.2 Å². The highest BCUT2D eigenvalue weighted by Gasteiger charge is 2.19. The molecular weight excluding hydrogens is 841 g/mol. The van der Waals surface area contributed by atoms with Crippen LogP contribution in [0.1, 0.15) is 335 Å². The molecule has 0 rings (SSSR count). The largest absolute Gasteiger partial charge is 0.462 e. The van der Waals surface area contributed by atoms with Crippen molar-refractivity contribution >= 4 is 17.9 Å². The third kappa shape index (κ3) is 54.8. The van der Waals surface area contributed by atoms with Crippen LogP contribution in [0.3, 0.4) is 0 Å². The maximum atomic E-state index is 12.8. The number of hydrogen-bond acceptors (Lipinski definition) is 6. The van der Waals surface area contributed by atoms with Gasteiger partial charge in [0.05, 0.1) is 0 Å². The Hall–Kier alpha value is -2.11. The van der Waals surface area contributed by atoms with E-state index < -0.39 is 6.10 Å². The highest BCUT2D eigenvalue weighted by molar-refractivity contribution is 5.71. The van der Waals surface area contributed by atoms with Gasteiger partial charge >= 0.3 is 17.9 Å². The number of carbonyl (C=O) groups excluding carboxylic acids is 3. The predicted molar refractivity (Wildman–Crippen MR) is 293 cm³/mol. The topological polar surface area (TPSA) is 78.9 Å². The van der Waals surface area contributed by atoms with Gasteiger partial charge in [0, 0.05) is 19.3 Å². The number of allylic oxidation sites excluding steroid dienone is 4. The van der Waals surface area contributed by atoms with Gasteiger partial charge in [-0.05, 0) is 64.2 Å². The first kappa shape index (κ1) is 65.9. The summed E-state index contributed by atoms with van der Waals surface area (Å²) in [7, 11) is 0. The lowest BCUT2D eigenvalue weighted by Gasteiger charge is -2.18. The van der Waals surface area contributed by atoms with Crippen LogP contribution in [-0.2, 0) is 28.6 Å². The summed E-state index contributed by atoms with van der Waals surface area (Å²) in [4.78, 5) is 38.1. The van der Waals surface area contributed by atoms with E-state index in [1.54, 1.807) is 0 Å². The molecule has 1 atom stereocenters. The summed E-state index contributed by atoms with van der Waals surface area (Å²) in [5, 5.41) is 0. The van der Waals surface area contributed by atoms with E-state index in [1.807, 2.05) is 0 Å². The highest BCUT2D eigenvalue weighted by Crippen LogP contribution is 2.17. The quantitative estimate of drug-likeness (QED) is 0.0262. The average Bonchev–Trinajstić information content (AvgIpc) is 3.34. The molecule has 0 aromatic rings. The minimum absolute atomic E-state index is 0.0689. The molecule has 0 aromatic heterocycles. The number of carbonyl (C=O) groups is 3. The van der Waals surface area contributed by atoms with E-state index in [2.05, 4.69) is 45.1 Å². The summed E-state index contributed by atoms with van der Waals surface area (Å²) in [5.41, 5.74) is 0. The normalized spacial score (nSPS) is 12.1. The smallest absolute Gasteiger partial charge is 0.306 e. The van der Waals surface area contributed by atoms with Crippen molar-refractivity contribution in [1.82, 2.24) is 0 Å². The van der Waals surface area contributed by atoms with Gasteiger partial charge in [0.25, 0.3) is 0 Å². The zero-order chi connectivity index (χ0) is 49.3. The molecule has 0 amide bonds. The summed E-state index contributed by atoms with van der Waals surface area (Å²) in [5.74, 6) is -0.860. The standard InChI is InChI=1S/C62H116O6/c1-4-7-10-13-16-19-22-24-25-26-27-28-29-30-31-32-33-34-35-36-37-38-41-43-46-49-52-55-61(64)67-58-59(57-66-60(63)54-51-48-45-42-39-21-18-15-12-9-6-3)68-62(65)56-53-50-47-44-40-23-20-17-14-11-8-5-2/h15,18,26-27,59H,4-14,16-17,19-25,28-58H2,1-3H3/b18-15-,27-26-. The summed E-state index contributed by atoms with van der Waals surface area (Å²) in [6.07, 6.45) is 67.7. The molecule has 0 spiro atoms. The van der Waals surface area contributed by atoms with Crippen LogP contribution in [0.5, 0.6) is 0 Å². The highest BCUT2D eigenvalue weighted by atomic mass is 16.6. The first-order valence-corrected chi connectivity index (χ1v) is 30.3. The van der Waals surface area contributed by atoms with E-state index in [-0.39, 0.29) is 31.1 Å². The van der Waals surface area contributed by atoms with E-state index in [0.29, 0.717) is 19.3 Å². The van der Waals surface area contributed by atoms with Crippen LogP contribution in [-0.4, -0.2) is 37.2 Å². The Morgan fingerprint density at radius 1 is 0.279 bits per heavy atom. The third-order valence-corrected chi connectivity index (χ3v) is 13.7. The van der Waals surface area contributed by atoms with Crippen molar-refractivity contribution < 1.29 is 28.6 Å². The van der Waals surface area contributed by atoms with Gasteiger partial charge in [-0.25, -0.2) is 0 Å². The predicted octanol–water partition coefficient (Wildman–Crippen LogP) is 20.3. The van der Waals surface area contributed by atoms with Gasteiger partial charge in [0.1, 0.15) is 13.2 Å². The molecule has 68 heavy (non-hydrogen) atoms. The maximum Gasteiger partial charge on any atom is 0.306 e. The van der Waals surface area contributed by atoms with Crippen LogP contribution in [0, 0.1) is 0 Å². The molecule has 0 aliphatic rings. The molecule has 0 saturated carbocycles. The van der Waals surface area contributed by atoms with Crippen LogP contribution in [0.15, 0.2) is 24.3 Å². The summed E-state index contributed by atoms with van der Waals surface area (Å²) < 4.78 is 16.8. The molecule has 0 aliphatic heterocycles. The first-order chi connectivity index (χ1) is 33.5. The van der Waals surface area contributed by atoms with Crippen molar-refractivity contribution in [1.29, 1.82) is 0 Å². The van der Waals surface area contributed by atoms with Crippen LogP contribution in [0.25, 0.3) is 0 Å². The molecule has 1 unspecified atom stereocenters. The van der Waals surface area contributed by atoms with Crippen molar-refractivity contribution in [3.8, 4) is 0 Å². The molecule has 0 N–H and O–H groups in total. The lowest BCUT2D eigenvalue weighted by molar-refractivity contribution is -0.167. The van der Waals surface area contributed by atoms with Gasteiger partial charge in [-0.15, -0.1) is 0 Å². The van der Waals surface area contributed by atoms with Gasteiger partial charge < -0.3 is 14.2 Å². The third-order valence-electron chi connectivity index (χ3n) is 13.7. The van der Waals surface area contributed by atoms with E-state index in [1.165, 1.54) is 231 Å². The Labute approximate surface area is 423 Å². The fraction of sp³-hybridized carbons (Fsp3) is 0.887. The van der Waals surface area contributed by atoms with Gasteiger partial charge in [0.2, 0.25) is 0 Å². The summed E-state index contributed by atoms with van der Waals surface area (Å²) in [6.45, 7) is 6.63. The van der Waals surface area contributed by atoms with Crippen LogP contribution >= 0.6 is 0 Å². The molecule has 0 radical (unpaired) electrons. The lowest BCUT2D eigenvalue weighted by atomic mass is 10.0. The Morgan fingerprint density at radius 2 is 0.500 bits per heavy atom. The maximum absolute atomic E-state index is 12.8. The number of ether oxygens (including phenoxy) is 3. The second-order valence-electron chi connectivity index (χ2n) is 20.6. The second-order valence-corrected chi connectivity index (χ2v) is 20.6. The minimum Gasteiger partial charge on any atom is -0.462 e. The van der Waals surface area contributed by atoms with Crippen molar-refractivity contribution in [2.24, 2.45) is 0 Å². The zero-order valence-corrected chi connectivity index (χ0v) is 45.9. The van der Waals surface area contributed by atoms with Gasteiger partial charge in [0.15, 0.2) is 6.10 Å². The first-order valence-electron chi connectivity index (χ1n) is 30.3. The molecule has 0 aromatic carbocycles. The molecule has 0 fully saturated rings. The monoisotopic (exact) mass is 957 g/mol. The van der Waals surface area contributed by atoms with Crippen molar-refractivity contribution in [2.45, 2.75) is 341 Å². The molecule has 6 nitrogen and oxygen atoms in total. The minimum atomic E-state index is -0.769. The Morgan fingerprint density at radius 3 is 0.779 bits per heavy atom. The fourth-order valence-corrected chi connectivity index (χ4v) is 9.07. The molecule has 400 valence electrons. The molecule has 6 heteroatoms. The Balaban J connectivity index is 4.11. The fourth-order valence-electron chi connectivity index (χ4n) is 9.07.